The maximum absolute atomic E-state index is 14.1. The molecule has 13 heteroatoms. The first kappa shape index (κ1) is 25.8. The number of hydrogen-bond donors (Lipinski definition) is 3. The van der Waals surface area contributed by atoms with Crippen molar-refractivity contribution in [1.29, 1.82) is 0 Å². The van der Waals surface area contributed by atoms with E-state index in [4.69, 9.17) is 11.5 Å². The Labute approximate surface area is 215 Å². The normalized spacial score (nSPS) is 18.9. The van der Waals surface area contributed by atoms with Crippen LogP contribution < -0.4 is 16.4 Å². The molecule has 4 aromatic rings. The van der Waals surface area contributed by atoms with Gasteiger partial charge in [0.25, 0.3) is 6.43 Å². The minimum atomic E-state index is -2.99. The highest BCUT2D eigenvalue weighted by Gasteiger charge is 2.43. The molecule has 3 aromatic heterocycles. The van der Waals surface area contributed by atoms with Gasteiger partial charge >= 0.3 is 0 Å². The summed E-state index contributed by atoms with van der Waals surface area (Å²) < 4.78 is 56.4. The molecule has 1 saturated heterocycles. The van der Waals surface area contributed by atoms with E-state index in [1.54, 1.807) is 30.1 Å². The van der Waals surface area contributed by atoms with E-state index in [-0.39, 0.29) is 25.3 Å². The van der Waals surface area contributed by atoms with Crippen molar-refractivity contribution in [2.75, 3.05) is 23.7 Å². The number of anilines is 2. The van der Waals surface area contributed by atoms with Crippen LogP contribution in [0.4, 0.5) is 29.1 Å². The van der Waals surface area contributed by atoms with Gasteiger partial charge in [0.05, 0.1) is 36.0 Å². The van der Waals surface area contributed by atoms with Crippen molar-refractivity contribution >= 4 is 22.7 Å². The van der Waals surface area contributed by atoms with Gasteiger partial charge in [0.2, 0.25) is 0 Å². The van der Waals surface area contributed by atoms with Gasteiger partial charge in [-0.05, 0) is 49.1 Å². The molecular formula is C25H26F4N8O. The summed E-state index contributed by atoms with van der Waals surface area (Å²) in [7, 11) is 0. The van der Waals surface area contributed by atoms with Crippen molar-refractivity contribution < 1.29 is 22.7 Å². The Morgan fingerprint density at radius 3 is 2.63 bits per heavy atom. The average Bonchev–Trinajstić information content (AvgIpc) is 3.29. The molecule has 0 aliphatic carbocycles. The van der Waals surface area contributed by atoms with Crippen molar-refractivity contribution in [2.45, 2.75) is 44.4 Å². The first-order valence-electron chi connectivity index (χ1n) is 11.9. The molecule has 0 spiro atoms. The number of hydrogen-bond acceptors (Lipinski definition) is 8. The maximum atomic E-state index is 14.1. The lowest BCUT2D eigenvalue weighted by Gasteiger charge is -2.44. The zero-order valence-electron chi connectivity index (χ0n) is 20.5. The molecule has 1 aliphatic rings. The van der Waals surface area contributed by atoms with Crippen LogP contribution in [0.25, 0.3) is 22.4 Å². The van der Waals surface area contributed by atoms with E-state index in [1.165, 1.54) is 6.33 Å². The van der Waals surface area contributed by atoms with Gasteiger partial charge in [0, 0.05) is 18.7 Å². The van der Waals surface area contributed by atoms with E-state index in [0.717, 1.165) is 12.1 Å². The Kier molecular flexibility index (Phi) is 6.65. The van der Waals surface area contributed by atoms with Crippen molar-refractivity contribution in [3.63, 3.8) is 0 Å². The summed E-state index contributed by atoms with van der Waals surface area (Å²) in [4.78, 5) is 18.8. The lowest BCUT2D eigenvalue weighted by Crippen LogP contribution is -2.63. The molecule has 38 heavy (non-hydrogen) atoms. The first-order valence-corrected chi connectivity index (χ1v) is 11.9. The molecule has 1 aromatic carbocycles. The van der Waals surface area contributed by atoms with Gasteiger partial charge in [-0.2, -0.15) is 0 Å². The number of piperidine rings is 1. The summed E-state index contributed by atoms with van der Waals surface area (Å²) in [6.45, 7) is 2.32. The summed E-state index contributed by atoms with van der Waals surface area (Å²) in [5, 5.41) is 10.1. The largest absolute Gasteiger partial charge is 0.385 e. The third-order valence-electron chi connectivity index (χ3n) is 7.00. The van der Waals surface area contributed by atoms with Crippen LogP contribution in [0.1, 0.15) is 24.0 Å². The molecule has 0 amide bonds. The lowest BCUT2D eigenvalue weighted by atomic mass is 9.84. The SMILES string of the molecule is Cc1cc(F)c(F)cc1-c1cc(Cn2cnc3c(N)ncnc32)c(N2CCC[C@](N)([C@@H](O)C(F)F)C2)cn1. The van der Waals surface area contributed by atoms with E-state index in [1.807, 2.05) is 4.90 Å². The van der Waals surface area contributed by atoms with Crippen LogP contribution in [0.15, 0.2) is 37.1 Å². The molecule has 0 bridgehead atoms. The summed E-state index contributed by atoms with van der Waals surface area (Å²) in [5.74, 6) is -1.75. The van der Waals surface area contributed by atoms with Gasteiger partial charge in [-0.1, -0.05) is 0 Å². The van der Waals surface area contributed by atoms with Crippen molar-refractivity contribution in [3.8, 4) is 11.3 Å². The topological polar surface area (TPSA) is 132 Å². The second kappa shape index (κ2) is 9.80. The number of imidazole rings is 1. The molecule has 200 valence electrons. The Balaban J connectivity index is 1.60. The van der Waals surface area contributed by atoms with Gasteiger partial charge in [-0.15, -0.1) is 0 Å². The summed E-state index contributed by atoms with van der Waals surface area (Å²) >= 11 is 0. The van der Waals surface area contributed by atoms with Crippen LogP contribution in [0.3, 0.4) is 0 Å². The van der Waals surface area contributed by atoms with Gasteiger partial charge < -0.3 is 26.0 Å². The molecule has 5 rings (SSSR count). The Bertz CT molecular complexity index is 1500. The predicted octanol–water partition coefficient (Wildman–Crippen LogP) is 3.03. The minimum absolute atomic E-state index is 0.0312. The summed E-state index contributed by atoms with van der Waals surface area (Å²) in [6, 6.07) is 3.91. The van der Waals surface area contributed by atoms with Crippen LogP contribution >= 0.6 is 0 Å². The predicted molar refractivity (Wildman–Crippen MR) is 134 cm³/mol. The van der Waals surface area contributed by atoms with Gasteiger partial charge in [0.15, 0.2) is 23.1 Å². The molecular weight excluding hydrogens is 504 g/mol. The summed E-state index contributed by atoms with van der Waals surface area (Å²) in [6.07, 6.45) is 0.134. The van der Waals surface area contributed by atoms with Crippen LogP contribution in [0.5, 0.6) is 0 Å². The molecule has 0 unspecified atom stereocenters. The van der Waals surface area contributed by atoms with Crippen molar-refractivity contribution in [2.24, 2.45) is 5.73 Å². The fraction of sp³-hybridized carbons (Fsp3) is 0.360. The third kappa shape index (κ3) is 4.63. The zero-order valence-corrected chi connectivity index (χ0v) is 20.5. The number of nitrogen functional groups attached to an aromatic ring is 1. The number of nitrogens with two attached hydrogens (primary N) is 2. The number of aliphatic hydroxyl groups is 1. The monoisotopic (exact) mass is 530 g/mol. The number of nitrogens with zero attached hydrogens (tertiary/aromatic N) is 6. The van der Waals surface area contributed by atoms with Crippen molar-refractivity contribution in [3.05, 3.63) is 59.8 Å². The van der Waals surface area contributed by atoms with Crippen molar-refractivity contribution in [1.82, 2.24) is 24.5 Å². The third-order valence-corrected chi connectivity index (χ3v) is 7.00. The van der Waals surface area contributed by atoms with E-state index >= 15 is 0 Å². The Hall–Kier alpha value is -3.84. The number of alkyl halides is 2. The number of rotatable bonds is 6. The fourth-order valence-corrected chi connectivity index (χ4v) is 4.98. The first-order chi connectivity index (χ1) is 18.1. The molecule has 4 heterocycles. The van der Waals surface area contributed by atoms with Crippen LogP contribution in [0, 0.1) is 18.6 Å². The Morgan fingerprint density at radius 1 is 1.11 bits per heavy atom. The number of benzene rings is 1. The van der Waals surface area contributed by atoms with Crippen LogP contribution in [-0.4, -0.2) is 60.8 Å². The summed E-state index contributed by atoms with van der Waals surface area (Å²) in [5.41, 5.74) is 14.1. The Morgan fingerprint density at radius 2 is 1.87 bits per heavy atom. The standard InChI is InChI=1S/C25H26F4N8O/c1-13-5-16(26)17(27)7-15(13)18-6-14(9-37-12-35-20-23(30)33-11-34-24(20)37)19(8-32-18)36-4-2-3-25(31,10-36)21(38)22(28)29/h5-8,11-12,21-22,38H,2-4,9-10,31H2,1H3,(H2,30,33,34)/t21-,25+/m0/s1. The second-order valence-corrected chi connectivity index (χ2v) is 9.62. The highest BCUT2D eigenvalue weighted by Crippen LogP contribution is 2.34. The molecule has 2 atom stereocenters. The number of aromatic nitrogens is 5. The van der Waals surface area contributed by atoms with E-state index < -0.39 is 29.7 Å². The van der Waals surface area contributed by atoms with Gasteiger partial charge in [-0.25, -0.2) is 32.5 Å². The highest BCUT2D eigenvalue weighted by molar-refractivity contribution is 5.81. The van der Waals surface area contributed by atoms with Crippen LogP contribution in [-0.2, 0) is 6.54 Å². The number of halogens is 4. The quantitative estimate of drug-likeness (QED) is 0.324. The minimum Gasteiger partial charge on any atom is -0.385 e. The molecule has 0 radical (unpaired) electrons. The van der Waals surface area contributed by atoms with E-state index in [2.05, 4.69) is 19.9 Å². The number of aliphatic hydroxyl groups excluding tert-OH is 1. The molecule has 0 saturated carbocycles. The second-order valence-electron chi connectivity index (χ2n) is 9.62. The van der Waals surface area contributed by atoms with Gasteiger partial charge in [-0.3, -0.25) is 4.98 Å². The average molecular weight is 531 g/mol. The molecule has 1 fully saturated rings. The molecule has 1 aliphatic heterocycles. The smallest absolute Gasteiger partial charge is 0.265 e. The van der Waals surface area contributed by atoms with Crippen LogP contribution in [0.2, 0.25) is 0 Å². The molecule has 5 N–H and O–H groups in total. The highest BCUT2D eigenvalue weighted by atomic mass is 19.3. The number of pyridine rings is 1. The maximum Gasteiger partial charge on any atom is 0.265 e. The fourth-order valence-electron chi connectivity index (χ4n) is 4.98. The zero-order chi connectivity index (χ0) is 27.2. The van der Waals surface area contributed by atoms with E-state index in [0.29, 0.717) is 52.2 Å². The molecule has 9 nitrogen and oxygen atoms in total. The number of aryl methyl sites for hydroxylation is 1. The van der Waals surface area contributed by atoms with E-state index in [9.17, 15) is 22.7 Å². The van der Waals surface area contributed by atoms with Gasteiger partial charge in [0.1, 0.15) is 17.9 Å². The number of fused-ring (bicyclic) bond motifs is 1. The lowest BCUT2D eigenvalue weighted by molar-refractivity contribution is -0.0529.